The van der Waals surface area contributed by atoms with Gasteiger partial charge in [-0.25, -0.2) is 14.6 Å². The molecule has 0 saturated carbocycles. The van der Waals surface area contributed by atoms with Crippen molar-refractivity contribution in [1.82, 2.24) is 19.5 Å². The van der Waals surface area contributed by atoms with Gasteiger partial charge in [0.15, 0.2) is 12.3 Å². The first-order valence-corrected chi connectivity index (χ1v) is 6.39. The second kappa shape index (κ2) is 6.22. The standard InChI is InChI=1S/C13H13N5O5/c1-6-3-16-7(4-15-6)12(21)23-5-8(19)9-10(14)18(2)13(22)17-11(9)20/h3-4H,5,14H2,1-2H3,(H,17,20,22). The Kier molecular flexibility index (Phi) is 4.35. The summed E-state index contributed by atoms with van der Waals surface area (Å²) in [6.45, 7) is 0.972. The molecule has 0 fully saturated rings. The molecule has 0 unspecified atom stereocenters. The molecule has 3 N–H and O–H groups in total. The lowest BCUT2D eigenvalue weighted by Crippen LogP contribution is -2.35. The fourth-order valence-corrected chi connectivity index (χ4v) is 1.68. The molecule has 0 aliphatic heterocycles. The second-order valence-corrected chi connectivity index (χ2v) is 4.62. The van der Waals surface area contributed by atoms with Crippen molar-refractivity contribution in [3.8, 4) is 0 Å². The molecule has 0 aliphatic rings. The summed E-state index contributed by atoms with van der Waals surface area (Å²) in [5.74, 6) is -2.02. The number of hydrogen-bond acceptors (Lipinski definition) is 8. The van der Waals surface area contributed by atoms with E-state index in [1.54, 1.807) is 6.92 Å². The van der Waals surface area contributed by atoms with Crippen LogP contribution < -0.4 is 17.0 Å². The Bertz CT molecular complexity index is 881. The number of ketones is 1. The molecular weight excluding hydrogens is 306 g/mol. The van der Waals surface area contributed by atoms with Crippen LogP contribution in [-0.2, 0) is 11.8 Å². The van der Waals surface area contributed by atoms with Crippen LogP contribution in [0.3, 0.4) is 0 Å². The van der Waals surface area contributed by atoms with Gasteiger partial charge < -0.3 is 10.5 Å². The third-order valence-electron chi connectivity index (χ3n) is 2.97. The highest BCUT2D eigenvalue weighted by molar-refractivity contribution is 6.01. The van der Waals surface area contributed by atoms with Crippen LogP contribution in [0.4, 0.5) is 5.82 Å². The average molecular weight is 319 g/mol. The van der Waals surface area contributed by atoms with Crippen LogP contribution in [0.2, 0.25) is 0 Å². The largest absolute Gasteiger partial charge is 0.453 e. The number of nitrogens with two attached hydrogens (primary N) is 1. The van der Waals surface area contributed by atoms with E-state index in [9.17, 15) is 19.2 Å². The first-order chi connectivity index (χ1) is 10.8. The molecule has 0 radical (unpaired) electrons. The number of nitrogens with one attached hydrogen (secondary N) is 1. The lowest BCUT2D eigenvalue weighted by Gasteiger charge is -2.08. The Morgan fingerprint density at radius 1 is 1.30 bits per heavy atom. The predicted octanol–water partition coefficient (Wildman–Crippen LogP) is -1.21. The zero-order valence-electron chi connectivity index (χ0n) is 12.3. The monoisotopic (exact) mass is 319 g/mol. The van der Waals surface area contributed by atoms with E-state index in [4.69, 9.17) is 10.5 Å². The van der Waals surface area contributed by atoms with Crippen molar-refractivity contribution in [2.75, 3.05) is 12.3 Å². The Morgan fingerprint density at radius 3 is 2.61 bits per heavy atom. The minimum atomic E-state index is -0.943. The van der Waals surface area contributed by atoms with Crippen molar-refractivity contribution < 1.29 is 14.3 Å². The van der Waals surface area contributed by atoms with E-state index in [0.29, 0.717) is 5.69 Å². The number of nitrogen functional groups attached to an aromatic ring is 1. The SMILES string of the molecule is Cc1cnc(C(=O)OCC(=O)c2c(N)n(C)c(=O)[nH]c2=O)cn1. The van der Waals surface area contributed by atoms with Gasteiger partial charge >= 0.3 is 11.7 Å². The van der Waals surface area contributed by atoms with E-state index in [-0.39, 0.29) is 11.5 Å². The molecule has 2 heterocycles. The van der Waals surface area contributed by atoms with Gasteiger partial charge in [0.2, 0.25) is 5.78 Å². The van der Waals surface area contributed by atoms with E-state index in [1.165, 1.54) is 19.4 Å². The molecule has 0 aromatic carbocycles. The summed E-state index contributed by atoms with van der Waals surface area (Å²) in [5, 5.41) is 0. The number of Topliss-reactive ketones (excluding diaryl/α,β-unsaturated/α-hetero) is 1. The van der Waals surface area contributed by atoms with Crippen molar-refractivity contribution in [2.24, 2.45) is 7.05 Å². The lowest BCUT2D eigenvalue weighted by atomic mass is 10.2. The van der Waals surface area contributed by atoms with Gasteiger partial charge in [0, 0.05) is 13.2 Å². The van der Waals surface area contributed by atoms with Crippen LogP contribution >= 0.6 is 0 Å². The molecule has 0 bridgehead atoms. The number of H-pyrrole nitrogens is 1. The number of anilines is 1. The number of esters is 1. The van der Waals surface area contributed by atoms with Crippen molar-refractivity contribution in [3.63, 3.8) is 0 Å². The van der Waals surface area contributed by atoms with Crippen LogP contribution in [0.15, 0.2) is 22.0 Å². The molecule has 23 heavy (non-hydrogen) atoms. The Labute approximate surface area is 129 Å². The number of hydrogen-bond donors (Lipinski definition) is 2. The number of nitrogens with zero attached hydrogens (tertiary/aromatic N) is 3. The number of carbonyl (C=O) groups is 2. The fraction of sp³-hybridized carbons (Fsp3) is 0.231. The third-order valence-corrected chi connectivity index (χ3v) is 2.97. The van der Waals surface area contributed by atoms with Crippen LogP contribution in [0.1, 0.15) is 26.5 Å². The van der Waals surface area contributed by atoms with Crippen molar-refractivity contribution in [3.05, 3.63) is 50.2 Å². The molecule has 10 nitrogen and oxygen atoms in total. The third kappa shape index (κ3) is 3.31. The fourth-order valence-electron chi connectivity index (χ4n) is 1.68. The molecule has 10 heteroatoms. The van der Waals surface area contributed by atoms with Crippen molar-refractivity contribution in [1.29, 1.82) is 0 Å². The first-order valence-electron chi connectivity index (χ1n) is 6.39. The molecule has 0 spiro atoms. The Balaban J connectivity index is 2.16. The number of aryl methyl sites for hydroxylation is 1. The smallest absolute Gasteiger partial charge is 0.358 e. The van der Waals surface area contributed by atoms with Crippen LogP contribution in [0.5, 0.6) is 0 Å². The summed E-state index contributed by atoms with van der Waals surface area (Å²) < 4.78 is 5.68. The number of ether oxygens (including phenoxy) is 1. The summed E-state index contributed by atoms with van der Waals surface area (Å²) in [6, 6.07) is 0. The van der Waals surface area contributed by atoms with Gasteiger partial charge in [-0.1, -0.05) is 0 Å². The van der Waals surface area contributed by atoms with Crippen molar-refractivity contribution >= 4 is 17.6 Å². The molecule has 0 saturated heterocycles. The minimum absolute atomic E-state index is 0.0780. The Morgan fingerprint density at radius 2 is 2.00 bits per heavy atom. The molecule has 120 valence electrons. The first kappa shape index (κ1) is 16.1. The average Bonchev–Trinajstić information content (AvgIpc) is 2.51. The predicted molar refractivity (Wildman–Crippen MR) is 78.1 cm³/mol. The maximum Gasteiger partial charge on any atom is 0.358 e. The molecular formula is C13H13N5O5. The topological polar surface area (TPSA) is 150 Å². The van der Waals surface area contributed by atoms with Crippen LogP contribution in [-0.4, -0.2) is 37.9 Å². The Hall–Kier alpha value is -3.30. The molecule has 2 rings (SSSR count). The summed E-state index contributed by atoms with van der Waals surface area (Å²) in [7, 11) is 1.29. The normalized spacial score (nSPS) is 10.3. The number of aromatic amines is 1. The summed E-state index contributed by atoms with van der Waals surface area (Å²) in [4.78, 5) is 56.4. The van der Waals surface area contributed by atoms with Gasteiger partial charge in [0.25, 0.3) is 5.56 Å². The molecule has 0 amide bonds. The van der Waals surface area contributed by atoms with E-state index in [2.05, 4.69) is 9.97 Å². The van der Waals surface area contributed by atoms with Gasteiger partial charge in [-0.3, -0.25) is 24.1 Å². The van der Waals surface area contributed by atoms with E-state index in [1.807, 2.05) is 4.98 Å². The second-order valence-electron chi connectivity index (χ2n) is 4.62. The quantitative estimate of drug-likeness (QED) is 0.526. The van der Waals surface area contributed by atoms with E-state index < -0.39 is 35.2 Å². The van der Waals surface area contributed by atoms with Crippen LogP contribution in [0, 0.1) is 6.92 Å². The highest BCUT2D eigenvalue weighted by atomic mass is 16.5. The molecule has 0 atom stereocenters. The summed E-state index contributed by atoms with van der Waals surface area (Å²) in [5.41, 5.74) is 3.97. The highest BCUT2D eigenvalue weighted by Crippen LogP contribution is 2.04. The zero-order chi connectivity index (χ0) is 17.1. The number of aromatic nitrogens is 4. The van der Waals surface area contributed by atoms with Gasteiger partial charge in [-0.05, 0) is 6.92 Å². The minimum Gasteiger partial charge on any atom is -0.453 e. The molecule has 2 aromatic rings. The zero-order valence-corrected chi connectivity index (χ0v) is 12.3. The maximum absolute atomic E-state index is 12.0. The van der Waals surface area contributed by atoms with E-state index >= 15 is 0 Å². The lowest BCUT2D eigenvalue weighted by molar-refractivity contribution is 0.0468. The summed E-state index contributed by atoms with van der Waals surface area (Å²) in [6.07, 6.45) is 2.57. The van der Waals surface area contributed by atoms with Gasteiger partial charge in [0.1, 0.15) is 11.4 Å². The molecule has 2 aromatic heterocycles. The van der Waals surface area contributed by atoms with Gasteiger partial charge in [-0.2, -0.15) is 0 Å². The van der Waals surface area contributed by atoms with Crippen LogP contribution in [0.25, 0.3) is 0 Å². The van der Waals surface area contributed by atoms with E-state index in [0.717, 1.165) is 4.57 Å². The van der Waals surface area contributed by atoms with Gasteiger partial charge in [-0.15, -0.1) is 0 Å². The highest BCUT2D eigenvalue weighted by Gasteiger charge is 2.20. The number of carbonyl (C=O) groups excluding carboxylic acids is 2. The van der Waals surface area contributed by atoms with Gasteiger partial charge in [0.05, 0.1) is 11.9 Å². The maximum atomic E-state index is 12.0. The molecule has 0 aliphatic carbocycles. The van der Waals surface area contributed by atoms with Crippen molar-refractivity contribution in [2.45, 2.75) is 6.92 Å². The summed E-state index contributed by atoms with van der Waals surface area (Å²) >= 11 is 0. The number of rotatable bonds is 4.